The van der Waals surface area contributed by atoms with Gasteiger partial charge in [0.05, 0.1) is 7.11 Å². The maximum atomic E-state index is 12.6. The average Bonchev–Trinajstić information content (AvgIpc) is 2.06. The molecule has 4 heteroatoms. The van der Waals surface area contributed by atoms with E-state index in [0.29, 0.717) is 5.56 Å². The summed E-state index contributed by atoms with van der Waals surface area (Å²) >= 11 is 0. The maximum Gasteiger partial charge on any atom is 0.420 e. The molecule has 0 aliphatic rings. The molecule has 0 aliphatic heterocycles. The summed E-state index contributed by atoms with van der Waals surface area (Å²) in [6.07, 6.45) is -4.36. The van der Waals surface area contributed by atoms with E-state index in [1.54, 1.807) is 13.0 Å². The minimum Gasteiger partial charge on any atom is -0.496 e. The predicted molar refractivity (Wildman–Crippen MR) is 47.5 cm³/mol. The molecular formula is C10H11F3O. The molecule has 0 saturated carbocycles. The molecule has 0 unspecified atom stereocenters. The van der Waals surface area contributed by atoms with Crippen LogP contribution in [0.4, 0.5) is 13.2 Å². The summed E-state index contributed by atoms with van der Waals surface area (Å²) in [7, 11) is 1.25. The number of benzene rings is 1. The number of rotatable bonds is 1. The van der Waals surface area contributed by atoms with Gasteiger partial charge in [-0.05, 0) is 25.0 Å². The number of halogens is 3. The van der Waals surface area contributed by atoms with Crippen molar-refractivity contribution in [1.82, 2.24) is 0 Å². The van der Waals surface area contributed by atoms with Crippen molar-refractivity contribution in [3.8, 4) is 5.75 Å². The summed E-state index contributed by atoms with van der Waals surface area (Å²) in [5.74, 6) is -0.0856. The van der Waals surface area contributed by atoms with Crippen molar-refractivity contribution >= 4 is 0 Å². The molecule has 1 nitrogen and oxygen atoms in total. The van der Waals surface area contributed by atoms with E-state index in [1.165, 1.54) is 20.1 Å². The van der Waals surface area contributed by atoms with Gasteiger partial charge in [-0.2, -0.15) is 13.2 Å². The van der Waals surface area contributed by atoms with Crippen LogP contribution in [0, 0.1) is 13.8 Å². The molecule has 78 valence electrons. The number of hydrogen-bond donors (Lipinski definition) is 0. The average molecular weight is 204 g/mol. The van der Waals surface area contributed by atoms with Crippen molar-refractivity contribution in [3.05, 3.63) is 28.8 Å². The highest BCUT2D eigenvalue weighted by atomic mass is 19.4. The van der Waals surface area contributed by atoms with Gasteiger partial charge >= 0.3 is 6.18 Å². The highest BCUT2D eigenvalue weighted by molar-refractivity contribution is 5.47. The minimum absolute atomic E-state index is 0.0856. The van der Waals surface area contributed by atoms with Crippen molar-refractivity contribution in [2.24, 2.45) is 0 Å². The molecule has 1 rings (SSSR count). The Hall–Kier alpha value is -1.19. The molecule has 14 heavy (non-hydrogen) atoms. The molecule has 0 radical (unpaired) electrons. The summed E-state index contributed by atoms with van der Waals surface area (Å²) in [6.45, 7) is 3.01. The summed E-state index contributed by atoms with van der Waals surface area (Å²) in [5, 5.41) is 0. The summed E-state index contributed by atoms with van der Waals surface area (Å²) in [5.41, 5.74) is -0.00891. The van der Waals surface area contributed by atoms with E-state index in [0.717, 1.165) is 0 Å². The third kappa shape index (κ3) is 1.84. The molecule has 0 heterocycles. The first-order valence-corrected chi connectivity index (χ1v) is 4.09. The number of aryl methyl sites for hydroxylation is 2. The molecule has 0 fully saturated rings. The molecule has 0 aromatic heterocycles. The zero-order valence-electron chi connectivity index (χ0n) is 8.20. The second-order valence-corrected chi connectivity index (χ2v) is 3.11. The van der Waals surface area contributed by atoms with Crippen LogP contribution >= 0.6 is 0 Å². The van der Waals surface area contributed by atoms with Crippen LogP contribution in [0.25, 0.3) is 0 Å². The summed E-state index contributed by atoms with van der Waals surface area (Å²) < 4.78 is 42.6. The molecule has 1 aromatic rings. The molecule has 0 N–H and O–H groups in total. The zero-order valence-corrected chi connectivity index (χ0v) is 8.20. The van der Waals surface area contributed by atoms with Gasteiger partial charge in [-0.15, -0.1) is 0 Å². The molecule has 0 saturated heterocycles. The third-order valence-corrected chi connectivity index (χ3v) is 2.05. The second kappa shape index (κ2) is 3.52. The Labute approximate surface area is 80.5 Å². The van der Waals surface area contributed by atoms with Gasteiger partial charge in [0.25, 0.3) is 0 Å². The standard InChI is InChI=1S/C10H11F3O/c1-6-4-5-7(2)9(14-3)8(6)10(11,12)13/h4-5H,1-3H3. The summed E-state index contributed by atoms with van der Waals surface area (Å²) in [4.78, 5) is 0. The number of methoxy groups -OCH3 is 1. The van der Waals surface area contributed by atoms with Crippen LogP contribution in [0.2, 0.25) is 0 Å². The first-order valence-electron chi connectivity index (χ1n) is 4.09. The maximum absolute atomic E-state index is 12.6. The Morgan fingerprint density at radius 2 is 1.57 bits per heavy atom. The smallest absolute Gasteiger partial charge is 0.420 e. The Balaban J connectivity index is 3.46. The van der Waals surface area contributed by atoms with Gasteiger partial charge in [-0.3, -0.25) is 0 Å². The zero-order chi connectivity index (χ0) is 10.9. The van der Waals surface area contributed by atoms with Crippen molar-refractivity contribution in [3.63, 3.8) is 0 Å². The summed E-state index contributed by atoms with van der Waals surface area (Å²) in [6, 6.07) is 3.06. The van der Waals surface area contributed by atoms with E-state index in [2.05, 4.69) is 0 Å². The number of ether oxygens (including phenoxy) is 1. The van der Waals surface area contributed by atoms with E-state index in [1.807, 2.05) is 0 Å². The van der Waals surface area contributed by atoms with Crippen LogP contribution < -0.4 is 4.74 Å². The van der Waals surface area contributed by atoms with Gasteiger partial charge in [0.2, 0.25) is 0 Å². The van der Waals surface area contributed by atoms with Crippen molar-refractivity contribution < 1.29 is 17.9 Å². The van der Waals surface area contributed by atoms with E-state index in [9.17, 15) is 13.2 Å². The van der Waals surface area contributed by atoms with Crippen LogP contribution in [-0.4, -0.2) is 7.11 Å². The fraction of sp³-hybridized carbons (Fsp3) is 0.400. The quantitative estimate of drug-likeness (QED) is 0.681. The number of hydrogen-bond acceptors (Lipinski definition) is 1. The molecular weight excluding hydrogens is 193 g/mol. The van der Waals surface area contributed by atoms with Crippen LogP contribution in [0.15, 0.2) is 12.1 Å². The lowest BCUT2D eigenvalue weighted by molar-refractivity contribution is -0.139. The van der Waals surface area contributed by atoms with Gasteiger partial charge in [0.15, 0.2) is 0 Å². The van der Waals surface area contributed by atoms with Crippen LogP contribution in [0.1, 0.15) is 16.7 Å². The second-order valence-electron chi connectivity index (χ2n) is 3.11. The Morgan fingerprint density at radius 1 is 1.07 bits per heavy atom. The van der Waals surface area contributed by atoms with Crippen LogP contribution in [-0.2, 0) is 6.18 Å². The first-order chi connectivity index (χ1) is 6.38. The van der Waals surface area contributed by atoms with Crippen molar-refractivity contribution in [2.75, 3.05) is 7.11 Å². The molecule has 0 amide bonds. The first kappa shape index (κ1) is 10.9. The Kier molecular flexibility index (Phi) is 2.73. The van der Waals surface area contributed by atoms with Gasteiger partial charge in [0.1, 0.15) is 11.3 Å². The van der Waals surface area contributed by atoms with E-state index >= 15 is 0 Å². The predicted octanol–water partition coefficient (Wildman–Crippen LogP) is 3.33. The minimum atomic E-state index is -4.36. The lowest BCUT2D eigenvalue weighted by Gasteiger charge is -2.16. The Morgan fingerprint density at radius 3 is 1.93 bits per heavy atom. The molecule has 0 aliphatic carbocycles. The normalized spacial score (nSPS) is 11.6. The van der Waals surface area contributed by atoms with Gasteiger partial charge in [-0.25, -0.2) is 0 Å². The number of alkyl halides is 3. The SMILES string of the molecule is COc1c(C)ccc(C)c1C(F)(F)F. The van der Waals surface area contributed by atoms with Gasteiger partial charge in [0, 0.05) is 0 Å². The van der Waals surface area contributed by atoms with Gasteiger partial charge in [-0.1, -0.05) is 12.1 Å². The topological polar surface area (TPSA) is 9.23 Å². The highest BCUT2D eigenvalue weighted by Crippen LogP contribution is 2.39. The van der Waals surface area contributed by atoms with Crippen molar-refractivity contribution in [1.29, 1.82) is 0 Å². The Bertz CT molecular complexity index is 342. The monoisotopic (exact) mass is 204 g/mol. The van der Waals surface area contributed by atoms with E-state index in [-0.39, 0.29) is 11.3 Å². The van der Waals surface area contributed by atoms with E-state index < -0.39 is 11.7 Å². The lowest BCUT2D eigenvalue weighted by atomic mass is 10.0. The van der Waals surface area contributed by atoms with Crippen molar-refractivity contribution in [2.45, 2.75) is 20.0 Å². The fourth-order valence-electron chi connectivity index (χ4n) is 1.40. The van der Waals surface area contributed by atoms with Crippen LogP contribution in [0.5, 0.6) is 5.75 Å². The molecule has 0 spiro atoms. The lowest BCUT2D eigenvalue weighted by Crippen LogP contribution is -2.10. The largest absolute Gasteiger partial charge is 0.496 e. The highest BCUT2D eigenvalue weighted by Gasteiger charge is 2.36. The molecule has 1 aromatic carbocycles. The fourth-order valence-corrected chi connectivity index (χ4v) is 1.40. The third-order valence-electron chi connectivity index (χ3n) is 2.05. The molecule has 0 atom stereocenters. The van der Waals surface area contributed by atoms with Gasteiger partial charge < -0.3 is 4.74 Å². The van der Waals surface area contributed by atoms with E-state index in [4.69, 9.17) is 4.74 Å². The van der Waals surface area contributed by atoms with Crippen LogP contribution in [0.3, 0.4) is 0 Å². The molecule has 0 bridgehead atoms.